The molecule has 2 aromatic carbocycles. The highest BCUT2D eigenvalue weighted by Gasteiger charge is 2.27. The number of hydrazone groups is 1. The molecule has 0 atom stereocenters. The number of rotatable bonds is 5. The van der Waals surface area contributed by atoms with E-state index in [-0.39, 0.29) is 10.5 Å². The zero-order valence-corrected chi connectivity index (χ0v) is 17.2. The molecule has 0 bridgehead atoms. The maximum Gasteiger partial charge on any atom is 0.271 e. The Balaban J connectivity index is 1.76. The van der Waals surface area contributed by atoms with Crippen LogP contribution in [0.3, 0.4) is 0 Å². The van der Waals surface area contributed by atoms with E-state index in [1.165, 1.54) is 22.0 Å². The average molecular weight is 400 g/mol. The first-order chi connectivity index (χ1) is 13.3. The van der Waals surface area contributed by atoms with Gasteiger partial charge in [0.05, 0.1) is 10.6 Å². The topological polar surface area (TPSA) is 78.8 Å². The highest BCUT2D eigenvalue weighted by atomic mass is 32.2. The van der Waals surface area contributed by atoms with Crippen LogP contribution in [-0.4, -0.2) is 37.4 Å². The molecule has 1 saturated heterocycles. The van der Waals surface area contributed by atoms with Crippen LogP contribution in [-0.2, 0) is 10.0 Å². The number of carbonyl (C=O) groups is 1. The third-order valence-electron chi connectivity index (χ3n) is 5.05. The van der Waals surface area contributed by atoms with Gasteiger partial charge in [-0.3, -0.25) is 4.79 Å². The molecule has 0 radical (unpaired) electrons. The lowest BCUT2D eigenvalue weighted by Crippen LogP contribution is -2.28. The minimum atomic E-state index is -3.56. The van der Waals surface area contributed by atoms with E-state index in [9.17, 15) is 13.2 Å². The van der Waals surface area contributed by atoms with Crippen LogP contribution in [0.1, 0.15) is 46.8 Å². The van der Waals surface area contributed by atoms with Crippen molar-refractivity contribution in [1.29, 1.82) is 0 Å². The van der Waals surface area contributed by atoms with Crippen molar-refractivity contribution in [1.82, 2.24) is 9.73 Å². The molecule has 6 nitrogen and oxygen atoms in total. The molecular formula is C21H25N3O3S. The van der Waals surface area contributed by atoms with Crippen LogP contribution in [0.5, 0.6) is 0 Å². The van der Waals surface area contributed by atoms with Gasteiger partial charge in [0.1, 0.15) is 0 Å². The molecule has 0 saturated carbocycles. The quantitative estimate of drug-likeness (QED) is 0.619. The van der Waals surface area contributed by atoms with Gasteiger partial charge in [-0.1, -0.05) is 18.2 Å². The fourth-order valence-corrected chi connectivity index (χ4v) is 4.67. The van der Waals surface area contributed by atoms with Crippen LogP contribution in [0.2, 0.25) is 0 Å². The molecule has 0 aromatic heterocycles. The SMILES string of the molecule is C/C(=N\NC(=O)c1cccc(S(=O)(=O)N2CCCC2)c1)c1ccc(C)c(C)c1. The van der Waals surface area contributed by atoms with E-state index in [1.54, 1.807) is 12.1 Å². The summed E-state index contributed by atoms with van der Waals surface area (Å²) in [6.07, 6.45) is 1.73. The Morgan fingerprint density at radius 3 is 2.39 bits per heavy atom. The molecule has 1 fully saturated rings. The number of nitrogens with zero attached hydrogens (tertiary/aromatic N) is 2. The predicted molar refractivity (Wildman–Crippen MR) is 110 cm³/mol. The summed E-state index contributed by atoms with van der Waals surface area (Å²) >= 11 is 0. The lowest BCUT2D eigenvalue weighted by Gasteiger charge is -2.15. The predicted octanol–water partition coefficient (Wildman–Crippen LogP) is 3.24. The minimum absolute atomic E-state index is 0.136. The molecule has 1 N–H and O–H groups in total. The van der Waals surface area contributed by atoms with Gasteiger partial charge in [-0.15, -0.1) is 0 Å². The molecule has 1 aliphatic heterocycles. The van der Waals surface area contributed by atoms with Crippen molar-refractivity contribution in [3.8, 4) is 0 Å². The van der Waals surface area contributed by atoms with Gasteiger partial charge >= 0.3 is 0 Å². The van der Waals surface area contributed by atoms with Crippen molar-refractivity contribution < 1.29 is 13.2 Å². The van der Waals surface area contributed by atoms with Crippen molar-refractivity contribution in [2.45, 2.75) is 38.5 Å². The summed E-state index contributed by atoms with van der Waals surface area (Å²) in [5, 5.41) is 4.17. The molecule has 0 unspecified atom stereocenters. The van der Waals surface area contributed by atoms with Crippen LogP contribution in [0.25, 0.3) is 0 Å². The second-order valence-corrected chi connectivity index (χ2v) is 9.01. The minimum Gasteiger partial charge on any atom is -0.267 e. The van der Waals surface area contributed by atoms with Crippen molar-refractivity contribution in [2.75, 3.05) is 13.1 Å². The first-order valence-corrected chi connectivity index (χ1v) is 10.8. The number of benzene rings is 2. The third kappa shape index (κ3) is 4.31. The molecule has 7 heteroatoms. The normalized spacial score (nSPS) is 15.6. The molecule has 28 heavy (non-hydrogen) atoms. The fraction of sp³-hybridized carbons (Fsp3) is 0.333. The molecule has 2 aromatic rings. The Morgan fingerprint density at radius 2 is 1.71 bits per heavy atom. The summed E-state index contributed by atoms with van der Waals surface area (Å²) in [6, 6.07) is 12.1. The number of sulfonamides is 1. The van der Waals surface area contributed by atoms with Gasteiger partial charge in [0, 0.05) is 18.7 Å². The van der Waals surface area contributed by atoms with E-state index in [0.717, 1.165) is 24.0 Å². The van der Waals surface area contributed by atoms with Crippen molar-refractivity contribution >= 4 is 21.6 Å². The molecule has 148 valence electrons. The Labute approximate surface area is 166 Å². The van der Waals surface area contributed by atoms with Gasteiger partial charge in [-0.25, -0.2) is 13.8 Å². The van der Waals surface area contributed by atoms with Crippen molar-refractivity contribution in [3.05, 3.63) is 64.7 Å². The Kier molecular flexibility index (Phi) is 5.96. The molecule has 1 amide bonds. The first-order valence-electron chi connectivity index (χ1n) is 9.31. The third-order valence-corrected chi connectivity index (χ3v) is 6.94. The molecule has 0 spiro atoms. The molecule has 1 heterocycles. The summed E-state index contributed by atoms with van der Waals surface area (Å²) in [6.45, 7) is 6.93. The monoisotopic (exact) mass is 399 g/mol. The summed E-state index contributed by atoms with van der Waals surface area (Å²) in [7, 11) is -3.56. The van der Waals surface area contributed by atoms with E-state index in [1.807, 2.05) is 39.0 Å². The average Bonchev–Trinajstić information content (AvgIpc) is 3.24. The van der Waals surface area contributed by atoms with E-state index in [2.05, 4.69) is 10.5 Å². The molecule has 0 aliphatic carbocycles. The molecular weight excluding hydrogens is 374 g/mol. The number of amides is 1. The summed E-state index contributed by atoms with van der Waals surface area (Å²) in [4.78, 5) is 12.6. The van der Waals surface area contributed by atoms with Gasteiger partial charge in [0.15, 0.2) is 0 Å². The first kappa shape index (κ1) is 20.2. The van der Waals surface area contributed by atoms with E-state index < -0.39 is 15.9 Å². The van der Waals surface area contributed by atoms with Crippen molar-refractivity contribution in [2.24, 2.45) is 5.10 Å². The fourth-order valence-electron chi connectivity index (χ4n) is 3.11. The number of carbonyl (C=O) groups excluding carboxylic acids is 1. The summed E-state index contributed by atoms with van der Waals surface area (Å²) in [5.41, 5.74) is 6.73. The Hall–Kier alpha value is -2.51. The number of aryl methyl sites for hydroxylation is 2. The number of hydrogen-bond donors (Lipinski definition) is 1. The van der Waals surface area contributed by atoms with Crippen molar-refractivity contribution in [3.63, 3.8) is 0 Å². The smallest absolute Gasteiger partial charge is 0.267 e. The lowest BCUT2D eigenvalue weighted by atomic mass is 10.0. The van der Waals surface area contributed by atoms with E-state index in [0.29, 0.717) is 18.8 Å². The highest BCUT2D eigenvalue weighted by molar-refractivity contribution is 7.89. The van der Waals surface area contributed by atoms with E-state index in [4.69, 9.17) is 0 Å². The largest absolute Gasteiger partial charge is 0.271 e. The maximum absolute atomic E-state index is 12.7. The second kappa shape index (κ2) is 8.24. The zero-order chi connectivity index (χ0) is 20.3. The number of nitrogens with one attached hydrogen (secondary N) is 1. The Bertz CT molecular complexity index is 1020. The van der Waals surface area contributed by atoms with E-state index >= 15 is 0 Å². The van der Waals surface area contributed by atoms with Crippen LogP contribution in [0.15, 0.2) is 52.5 Å². The standard InChI is InChI=1S/C21H25N3O3S/c1-15-9-10-18(13-16(15)2)17(3)22-23-21(25)19-7-6-8-20(14-19)28(26,27)24-11-4-5-12-24/h6-10,13-14H,4-5,11-12H2,1-3H3,(H,23,25)/b22-17+. The maximum atomic E-state index is 12.7. The molecule has 1 aliphatic rings. The summed E-state index contributed by atoms with van der Waals surface area (Å²) in [5.74, 6) is -0.443. The van der Waals surface area contributed by atoms with Crippen LogP contribution < -0.4 is 5.43 Å². The van der Waals surface area contributed by atoms with Crippen LogP contribution >= 0.6 is 0 Å². The Morgan fingerprint density at radius 1 is 1.00 bits per heavy atom. The second-order valence-electron chi connectivity index (χ2n) is 7.08. The van der Waals surface area contributed by atoms with Gasteiger partial charge in [-0.2, -0.15) is 9.41 Å². The van der Waals surface area contributed by atoms with Gasteiger partial charge in [-0.05, 0) is 74.6 Å². The van der Waals surface area contributed by atoms with Crippen LogP contribution in [0, 0.1) is 13.8 Å². The number of hydrogen-bond acceptors (Lipinski definition) is 4. The van der Waals surface area contributed by atoms with Gasteiger partial charge in [0.2, 0.25) is 10.0 Å². The highest BCUT2D eigenvalue weighted by Crippen LogP contribution is 2.21. The zero-order valence-electron chi connectivity index (χ0n) is 16.4. The lowest BCUT2D eigenvalue weighted by molar-refractivity contribution is 0.0954. The van der Waals surface area contributed by atoms with Gasteiger partial charge < -0.3 is 0 Å². The summed E-state index contributed by atoms with van der Waals surface area (Å²) < 4.78 is 26.8. The molecule has 3 rings (SSSR count). The van der Waals surface area contributed by atoms with Crippen LogP contribution in [0.4, 0.5) is 0 Å². The van der Waals surface area contributed by atoms with Gasteiger partial charge in [0.25, 0.3) is 5.91 Å².